The molecule has 0 unspecified atom stereocenters. The van der Waals surface area contributed by atoms with Gasteiger partial charge in [0.15, 0.2) is 23.0 Å². The van der Waals surface area contributed by atoms with Crippen LogP contribution in [0.15, 0.2) is 53.1 Å². The van der Waals surface area contributed by atoms with Gasteiger partial charge in [0.2, 0.25) is 0 Å². The van der Waals surface area contributed by atoms with E-state index in [0.29, 0.717) is 23.8 Å². The molecule has 0 spiro atoms. The van der Waals surface area contributed by atoms with Crippen molar-refractivity contribution in [3.63, 3.8) is 0 Å². The summed E-state index contributed by atoms with van der Waals surface area (Å²) in [5.74, 6) is 1.14. The molecular formula is C22H21FN2O4. The van der Waals surface area contributed by atoms with Crippen molar-refractivity contribution in [2.75, 3.05) is 20.8 Å². The molecule has 1 atom stereocenters. The van der Waals surface area contributed by atoms with E-state index in [1.165, 1.54) is 12.1 Å². The van der Waals surface area contributed by atoms with Gasteiger partial charge >= 0.3 is 0 Å². The molecule has 150 valence electrons. The van der Waals surface area contributed by atoms with E-state index >= 15 is 0 Å². The Kier molecular flexibility index (Phi) is 5.20. The maximum Gasteiger partial charge on any atom is 0.276 e. The lowest BCUT2D eigenvalue weighted by molar-refractivity contribution is 0.0725. The zero-order chi connectivity index (χ0) is 20.4. The summed E-state index contributed by atoms with van der Waals surface area (Å²) in [7, 11) is 3.12. The second-order valence-electron chi connectivity index (χ2n) is 6.85. The Balaban J connectivity index is 1.57. The molecule has 1 aromatic heterocycles. The van der Waals surface area contributed by atoms with Gasteiger partial charge in [0.1, 0.15) is 5.82 Å². The summed E-state index contributed by atoms with van der Waals surface area (Å²) in [6, 6.07) is 13.2. The molecular weight excluding hydrogens is 375 g/mol. The van der Waals surface area contributed by atoms with Crippen LogP contribution < -0.4 is 9.47 Å². The van der Waals surface area contributed by atoms with Gasteiger partial charge in [0.05, 0.1) is 20.3 Å². The molecule has 4 rings (SSSR count). The quantitative estimate of drug-likeness (QED) is 0.636. The number of ether oxygens (including phenoxy) is 2. The first-order chi connectivity index (χ1) is 14.1. The highest BCUT2D eigenvalue weighted by Crippen LogP contribution is 2.35. The van der Waals surface area contributed by atoms with E-state index in [1.54, 1.807) is 49.5 Å². The largest absolute Gasteiger partial charge is 0.493 e. The zero-order valence-electron chi connectivity index (χ0n) is 16.2. The second-order valence-corrected chi connectivity index (χ2v) is 6.85. The molecule has 0 N–H and O–H groups in total. The average molecular weight is 396 g/mol. The van der Waals surface area contributed by atoms with Crippen molar-refractivity contribution in [1.29, 1.82) is 0 Å². The molecule has 1 fully saturated rings. The highest BCUT2D eigenvalue weighted by molar-refractivity contribution is 5.93. The highest BCUT2D eigenvalue weighted by Gasteiger charge is 2.32. The minimum Gasteiger partial charge on any atom is -0.493 e. The third kappa shape index (κ3) is 3.68. The van der Waals surface area contributed by atoms with Gasteiger partial charge in [0.25, 0.3) is 5.91 Å². The number of halogens is 1. The van der Waals surface area contributed by atoms with Crippen molar-refractivity contribution in [1.82, 2.24) is 10.1 Å². The third-order valence-corrected chi connectivity index (χ3v) is 5.17. The first kappa shape index (κ1) is 19.0. The molecule has 1 aliphatic heterocycles. The van der Waals surface area contributed by atoms with E-state index in [2.05, 4.69) is 5.16 Å². The zero-order valence-corrected chi connectivity index (χ0v) is 16.2. The molecule has 3 aromatic rings. The molecule has 29 heavy (non-hydrogen) atoms. The van der Waals surface area contributed by atoms with Gasteiger partial charge in [-0.3, -0.25) is 4.79 Å². The predicted molar refractivity (Wildman–Crippen MR) is 104 cm³/mol. The Morgan fingerprint density at radius 3 is 2.59 bits per heavy atom. The van der Waals surface area contributed by atoms with Crippen LogP contribution in [-0.4, -0.2) is 36.7 Å². The van der Waals surface area contributed by atoms with E-state index in [4.69, 9.17) is 14.0 Å². The first-order valence-corrected chi connectivity index (χ1v) is 9.36. The van der Waals surface area contributed by atoms with Crippen LogP contribution in [0.4, 0.5) is 4.39 Å². The lowest BCUT2D eigenvalue weighted by Crippen LogP contribution is -2.30. The van der Waals surface area contributed by atoms with Gasteiger partial charge < -0.3 is 18.9 Å². The van der Waals surface area contributed by atoms with Crippen LogP contribution in [0.1, 0.15) is 34.9 Å². The number of carbonyl (C=O) groups excluding carboxylic acids is 1. The van der Waals surface area contributed by atoms with Crippen LogP contribution in [0.5, 0.6) is 11.5 Å². The molecule has 7 heteroatoms. The predicted octanol–water partition coefficient (Wildman–Crippen LogP) is 4.48. The summed E-state index contributed by atoms with van der Waals surface area (Å²) in [6.07, 6.45) is 1.71. The van der Waals surface area contributed by atoms with Crippen LogP contribution in [0, 0.1) is 5.82 Å². The van der Waals surface area contributed by atoms with Crippen molar-refractivity contribution in [2.45, 2.75) is 18.9 Å². The van der Waals surface area contributed by atoms with E-state index in [9.17, 15) is 9.18 Å². The Hall–Kier alpha value is -3.35. The number of carbonyl (C=O) groups is 1. The molecule has 0 bridgehead atoms. The third-order valence-electron chi connectivity index (χ3n) is 5.17. The minimum absolute atomic E-state index is 0.0932. The van der Waals surface area contributed by atoms with Crippen LogP contribution in [-0.2, 0) is 0 Å². The fraction of sp³-hybridized carbons (Fsp3) is 0.273. The highest BCUT2D eigenvalue weighted by atomic mass is 19.1. The van der Waals surface area contributed by atoms with Crippen molar-refractivity contribution >= 4 is 5.91 Å². The van der Waals surface area contributed by atoms with Crippen molar-refractivity contribution in [2.24, 2.45) is 0 Å². The Bertz CT molecular complexity index is 1020. The Morgan fingerprint density at radius 1 is 1.10 bits per heavy atom. The molecule has 1 amide bonds. The molecule has 1 saturated heterocycles. The van der Waals surface area contributed by atoms with Crippen LogP contribution >= 0.6 is 0 Å². The standard InChI is InChI=1S/C22H21FN2O4/c1-27-19-10-7-15(12-21(19)28-2)20-13-17(24-29-20)22(26)25-11-3-4-18(25)14-5-8-16(23)9-6-14/h5-10,12-13,18H,3-4,11H2,1-2H3/t18-/m0/s1. The van der Waals surface area contributed by atoms with E-state index in [0.717, 1.165) is 24.0 Å². The van der Waals surface area contributed by atoms with Gasteiger partial charge in [-0.25, -0.2) is 4.39 Å². The van der Waals surface area contributed by atoms with Crippen LogP contribution in [0.25, 0.3) is 11.3 Å². The molecule has 0 aliphatic carbocycles. The van der Waals surface area contributed by atoms with E-state index in [-0.39, 0.29) is 23.5 Å². The van der Waals surface area contributed by atoms with Gasteiger partial charge in [-0.2, -0.15) is 0 Å². The molecule has 1 aliphatic rings. The Morgan fingerprint density at radius 2 is 1.86 bits per heavy atom. The van der Waals surface area contributed by atoms with E-state index < -0.39 is 0 Å². The van der Waals surface area contributed by atoms with Gasteiger partial charge in [0, 0.05) is 18.2 Å². The monoisotopic (exact) mass is 396 g/mol. The van der Waals surface area contributed by atoms with Crippen LogP contribution in [0.2, 0.25) is 0 Å². The number of likely N-dealkylation sites (tertiary alicyclic amines) is 1. The van der Waals surface area contributed by atoms with Crippen molar-refractivity contribution < 1.29 is 23.2 Å². The van der Waals surface area contributed by atoms with Gasteiger partial charge in [-0.15, -0.1) is 0 Å². The fourth-order valence-corrected chi connectivity index (χ4v) is 3.69. The van der Waals surface area contributed by atoms with Crippen LogP contribution in [0.3, 0.4) is 0 Å². The summed E-state index contributed by atoms with van der Waals surface area (Å²) < 4.78 is 29.2. The normalized spacial score (nSPS) is 16.1. The number of methoxy groups -OCH3 is 2. The number of nitrogens with zero attached hydrogens (tertiary/aromatic N) is 2. The number of hydrogen-bond acceptors (Lipinski definition) is 5. The van der Waals surface area contributed by atoms with Crippen molar-refractivity contribution in [3.05, 3.63) is 65.6 Å². The maximum absolute atomic E-state index is 13.2. The van der Waals surface area contributed by atoms with Gasteiger partial charge in [-0.05, 0) is 48.7 Å². The summed E-state index contributed by atoms with van der Waals surface area (Å²) in [5.41, 5.74) is 1.88. The lowest BCUT2D eigenvalue weighted by atomic mass is 10.0. The van der Waals surface area contributed by atoms with E-state index in [1.807, 2.05) is 6.07 Å². The summed E-state index contributed by atoms with van der Waals surface area (Å²) in [5, 5.41) is 3.98. The lowest BCUT2D eigenvalue weighted by Gasteiger charge is -2.24. The second kappa shape index (κ2) is 7.95. The topological polar surface area (TPSA) is 64.8 Å². The minimum atomic E-state index is -0.291. The summed E-state index contributed by atoms with van der Waals surface area (Å²) in [4.78, 5) is 14.8. The fourth-order valence-electron chi connectivity index (χ4n) is 3.69. The Labute approximate surface area is 167 Å². The maximum atomic E-state index is 13.2. The smallest absolute Gasteiger partial charge is 0.276 e. The first-order valence-electron chi connectivity index (χ1n) is 9.36. The number of aromatic nitrogens is 1. The molecule has 6 nitrogen and oxygen atoms in total. The number of rotatable bonds is 5. The molecule has 0 radical (unpaired) electrons. The molecule has 0 saturated carbocycles. The SMILES string of the molecule is COc1ccc(-c2cc(C(=O)N3CCC[C@H]3c3ccc(F)cc3)no2)cc1OC. The number of amides is 1. The van der Waals surface area contributed by atoms with Gasteiger partial charge in [-0.1, -0.05) is 17.3 Å². The average Bonchev–Trinajstić information content (AvgIpc) is 3.43. The number of hydrogen-bond donors (Lipinski definition) is 0. The summed E-state index contributed by atoms with van der Waals surface area (Å²) in [6.45, 7) is 0.624. The number of benzene rings is 2. The molecule has 2 aromatic carbocycles. The summed E-state index contributed by atoms with van der Waals surface area (Å²) >= 11 is 0. The molecule has 2 heterocycles. The van der Waals surface area contributed by atoms with Crippen molar-refractivity contribution in [3.8, 4) is 22.8 Å².